The normalized spacial score (nSPS) is 10.7. The molecule has 0 bridgehead atoms. The molecule has 0 radical (unpaired) electrons. The molecule has 0 saturated heterocycles. The fraction of sp³-hybridized carbons (Fsp3) is 0.333. The molecule has 0 atom stereocenters. The summed E-state index contributed by atoms with van der Waals surface area (Å²) in [5.41, 5.74) is 1.22. The van der Waals surface area contributed by atoms with Crippen LogP contribution in [0.3, 0.4) is 0 Å². The maximum Gasteiger partial charge on any atom is 0.387 e. The Morgan fingerprint density at radius 3 is 2.59 bits per heavy atom. The third-order valence-corrected chi connectivity index (χ3v) is 3.79. The Bertz CT molecular complexity index is 833. The van der Waals surface area contributed by atoms with Crippen molar-refractivity contribution in [2.45, 2.75) is 26.5 Å². The number of hydrogen-bond acceptors (Lipinski definition) is 5. The van der Waals surface area contributed by atoms with Crippen LogP contribution in [-0.2, 0) is 17.8 Å². The number of alkyl halides is 2. The van der Waals surface area contributed by atoms with Crippen LogP contribution in [0.25, 0.3) is 0 Å². The number of aliphatic carboxylic acids is 1. The second kappa shape index (κ2) is 8.52. The average molecular weight is 383 g/mol. The van der Waals surface area contributed by atoms with E-state index in [1.165, 1.54) is 37.5 Å². The number of hydrogen-bond donors (Lipinski definition) is 1. The molecule has 146 valence electrons. The summed E-state index contributed by atoms with van der Waals surface area (Å²) < 4.78 is 39.7. The predicted molar refractivity (Wildman–Crippen MR) is 90.2 cm³/mol. The van der Waals surface area contributed by atoms with E-state index in [1.54, 1.807) is 13.0 Å². The molecule has 0 saturated carbocycles. The van der Waals surface area contributed by atoms with E-state index in [0.29, 0.717) is 11.1 Å². The Balaban J connectivity index is 2.22. The van der Waals surface area contributed by atoms with Crippen molar-refractivity contribution >= 4 is 11.9 Å². The third kappa shape index (κ3) is 4.96. The quantitative estimate of drug-likeness (QED) is 0.754. The molecule has 0 spiro atoms. The van der Waals surface area contributed by atoms with Crippen LogP contribution in [0.15, 0.2) is 28.9 Å². The summed E-state index contributed by atoms with van der Waals surface area (Å²) in [6, 6.07) is 4.43. The minimum Gasteiger partial charge on any atom is -0.493 e. The topological polar surface area (TPSA) is 89.2 Å². The number of carboxylic acid groups (broad SMARTS) is 1. The number of carbonyl (C=O) groups is 2. The van der Waals surface area contributed by atoms with E-state index in [0.717, 1.165) is 0 Å². The zero-order chi connectivity index (χ0) is 20.1. The summed E-state index contributed by atoms with van der Waals surface area (Å²) in [7, 11) is 2.84. The Morgan fingerprint density at radius 1 is 1.30 bits per heavy atom. The van der Waals surface area contributed by atoms with E-state index < -0.39 is 24.9 Å². The zero-order valence-corrected chi connectivity index (χ0v) is 15.0. The van der Waals surface area contributed by atoms with E-state index in [-0.39, 0.29) is 29.4 Å². The lowest BCUT2D eigenvalue weighted by Crippen LogP contribution is -2.27. The number of methoxy groups -OCH3 is 1. The Morgan fingerprint density at radius 2 is 2.00 bits per heavy atom. The van der Waals surface area contributed by atoms with Crippen LogP contribution in [0.4, 0.5) is 8.78 Å². The van der Waals surface area contributed by atoms with Crippen LogP contribution < -0.4 is 9.47 Å². The summed E-state index contributed by atoms with van der Waals surface area (Å²) in [6.45, 7) is -1.29. The molecule has 0 unspecified atom stereocenters. The van der Waals surface area contributed by atoms with Gasteiger partial charge in [-0.05, 0) is 24.6 Å². The van der Waals surface area contributed by atoms with Gasteiger partial charge in [-0.1, -0.05) is 6.07 Å². The molecule has 1 aromatic heterocycles. The molecule has 2 aromatic rings. The lowest BCUT2D eigenvalue weighted by atomic mass is 10.1. The van der Waals surface area contributed by atoms with Gasteiger partial charge < -0.3 is 23.9 Å². The van der Waals surface area contributed by atoms with E-state index in [2.05, 4.69) is 4.74 Å². The lowest BCUT2D eigenvalue weighted by molar-refractivity contribution is -0.136. The molecule has 1 amide bonds. The smallest absolute Gasteiger partial charge is 0.387 e. The molecule has 9 heteroatoms. The number of ether oxygens (including phenoxy) is 2. The van der Waals surface area contributed by atoms with Crippen LogP contribution in [0, 0.1) is 6.92 Å². The monoisotopic (exact) mass is 383 g/mol. The Hall–Kier alpha value is -3.10. The van der Waals surface area contributed by atoms with Crippen molar-refractivity contribution < 1.29 is 37.4 Å². The van der Waals surface area contributed by atoms with Gasteiger partial charge in [0.15, 0.2) is 11.5 Å². The largest absolute Gasteiger partial charge is 0.493 e. The number of amides is 1. The first-order valence-corrected chi connectivity index (χ1v) is 7.88. The van der Waals surface area contributed by atoms with Crippen LogP contribution in [-0.4, -0.2) is 42.7 Å². The van der Waals surface area contributed by atoms with Crippen molar-refractivity contribution in [2.24, 2.45) is 0 Å². The first-order valence-electron chi connectivity index (χ1n) is 7.88. The highest BCUT2D eigenvalue weighted by Gasteiger charge is 2.23. The van der Waals surface area contributed by atoms with Gasteiger partial charge in [0, 0.05) is 19.2 Å². The highest BCUT2D eigenvalue weighted by molar-refractivity contribution is 5.97. The van der Waals surface area contributed by atoms with E-state index in [4.69, 9.17) is 14.3 Å². The van der Waals surface area contributed by atoms with Crippen molar-refractivity contribution in [2.75, 3.05) is 14.2 Å². The van der Waals surface area contributed by atoms with E-state index >= 15 is 0 Å². The van der Waals surface area contributed by atoms with Crippen LogP contribution >= 0.6 is 0 Å². The van der Waals surface area contributed by atoms with Crippen LogP contribution in [0.1, 0.15) is 27.2 Å². The molecule has 0 aliphatic carbocycles. The second-order valence-corrected chi connectivity index (χ2v) is 5.81. The molecule has 1 aromatic carbocycles. The second-order valence-electron chi connectivity index (χ2n) is 5.81. The molecule has 2 rings (SSSR count). The summed E-state index contributed by atoms with van der Waals surface area (Å²) in [5, 5.41) is 8.94. The van der Waals surface area contributed by atoms with Gasteiger partial charge in [0.05, 0.1) is 18.9 Å². The van der Waals surface area contributed by atoms with Gasteiger partial charge >= 0.3 is 12.6 Å². The molecule has 27 heavy (non-hydrogen) atoms. The first-order chi connectivity index (χ1) is 12.7. The van der Waals surface area contributed by atoms with Crippen molar-refractivity contribution in [3.8, 4) is 11.5 Å². The number of furan rings is 1. The minimum atomic E-state index is -3.01. The minimum absolute atomic E-state index is 0.0632. The number of carbonyl (C=O) groups excluding carboxylic acids is 1. The van der Waals surface area contributed by atoms with Crippen LogP contribution in [0.5, 0.6) is 11.5 Å². The van der Waals surface area contributed by atoms with Gasteiger partial charge in [0.1, 0.15) is 12.2 Å². The first kappa shape index (κ1) is 20.2. The van der Waals surface area contributed by atoms with E-state index in [1.807, 2.05) is 0 Å². The molecule has 1 N–H and O–H groups in total. The highest BCUT2D eigenvalue weighted by Crippen LogP contribution is 2.30. The molecular formula is C18H19F2NO6. The van der Waals surface area contributed by atoms with Gasteiger partial charge in [-0.25, -0.2) is 0 Å². The molecule has 1 heterocycles. The Kier molecular flexibility index (Phi) is 6.38. The number of halogens is 2. The number of carboxylic acids is 1. The molecule has 0 aliphatic heterocycles. The van der Waals surface area contributed by atoms with Gasteiger partial charge in [-0.2, -0.15) is 8.78 Å². The van der Waals surface area contributed by atoms with E-state index in [9.17, 15) is 18.4 Å². The molecule has 0 fully saturated rings. The van der Waals surface area contributed by atoms with Crippen molar-refractivity contribution in [1.82, 2.24) is 4.90 Å². The summed E-state index contributed by atoms with van der Waals surface area (Å²) in [5.74, 6) is -1.50. The van der Waals surface area contributed by atoms with Gasteiger partial charge in [-0.15, -0.1) is 0 Å². The lowest BCUT2D eigenvalue weighted by Gasteiger charge is -2.19. The standard InChI is InChI=1S/C18H19F2NO6/c1-10-9-26-14(7-15(22)23)16(10)17(24)21(2)8-11-4-5-12(25-3)13(6-11)27-18(19)20/h4-6,9,18H,7-8H2,1-3H3,(H,22,23). The zero-order valence-electron chi connectivity index (χ0n) is 15.0. The molecule has 7 nitrogen and oxygen atoms in total. The van der Waals surface area contributed by atoms with Gasteiger partial charge in [0.2, 0.25) is 0 Å². The third-order valence-electron chi connectivity index (χ3n) is 3.79. The van der Waals surface area contributed by atoms with Gasteiger partial charge in [0.25, 0.3) is 5.91 Å². The fourth-order valence-electron chi connectivity index (χ4n) is 2.60. The van der Waals surface area contributed by atoms with Crippen LogP contribution in [0.2, 0.25) is 0 Å². The molecule has 0 aliphatic rings. The summed E-state index contributed by atoms with van der Waals surface area (Å²) >= 11 is 0. The maximum atomic E-state index is 12.7. The Labute approximate surface area is 154 Å². The van der Waals surface area contributed by atoms with Gasteiger partial charge in [-0.3, -0.25) is 9.59 Å². The number of aryl methyl sites for hydroxylation is 1. The van der Waals surface area contributed by atoms with Crippen molar-refractivity contribution in [3.05, 3.63) is 46.9 Å². The number of benzene rings is 1. The van der Waals surface area contributed by atoms with Crippen molar-refractivity contribution in [3.63, 3.8) is 0 Å². The molecular weight excluding hydrogens is 364 g/mol. The number of nitrogens with zero attached hydrogens (tertiary/aromatic N) is 1. The fourth-order valence-corrected chi connectivity index (χ4v) is 2.60. The number of rotatable bonds is 8. The summed E-state index contributed by atoms with van der Waals surface area (Å²) in [4.78, 5) is 25.0. The summed E-state index contributed by atoms with van der Waals surface area (Å²) in [6.07, 6.45) is 0.902. The highest BCUT2D eigenvalue weighted by atomic mass is 19.3. The van der Waals surface area contributed by atoms with Crippen molar-refractivity contribution in [1.29, 1.82) is 0 Å². The average Bonchev–Trinajstić information content (AvgIpc) is 2.93. The maximum absolute atomic E-state index is 12.7. The predicted octanol–water partition coefficient (Wildman–Crippen LogP) is 3.10. The SMILES string of the molecule is COc1ccc(CN(C)C(=O)c2c(C)coc2CC(=O)O)cc1OC(F)F.